The van der Waals surface area contributed by atoms with E-state index in [1.807, 2.05) is 0 Å². The number of ether oxygens (including phenoxy) is 2. The second kappa shape index (κ2) is 5.95. The maximum Gasteiger partial charge on any atom is 0.0790 e. The van der Waals surface area contributed by atoms with Gasteiger partial charge in [-0.2, -0.15) is 11.8 Å². The highest BCUT2D eigenvalue weighted by atomic mass is 32.2. The predicted molar refractivity (Wildman–Crippen MR) is 58.9 cm³/mol. The Hall–Kier alpha value is 0.230. The largest absolute Gasteiger partial charge is 0.381 e. The lowest BCUT2D eigenvalue weighted by atomic mass is 10.2. The molecule has 2 fully saturated rings. The fourth-order valence-electron chi connectivity index (χ4n) is 1.81. The van der Waals surface area contributed by atoms with Gasteiger partial charge < -0.3 is 14.8 Å². The summed E-state index contributed by atoms with van der Waals surface area (Å²) in [7, 11) is 0. The van der Waals surface area contributed by atoms with Gasteiger partial charge in [-0.25, -0.2) is 0 Å². The summed E-state index contributed by atoms with van der Waals surface area (Å²) in [5, 5.41) is 4.16. The molecule has 2 heterocycles. The van der Waals surface area contributed by atoms with Crippen LogP contribution < -0.4 is 5.32 Å². The van der Waals surface area contributed by atoms with Crippen molar-refractivity contribution in [3.05, 3.63) is 0 Å². The molecule has 1 N–H and O–H groups in total. The molecule has 0 aromatic heterocycles. The van der Waals surface area contributed by atoms with Crippen LogP contribution in [-0.4, -0.2) is 50.0 Å². The number of rotatable bonds is 3. The van der Waals surface area contributed by atoms with E-state index < -0.39 is 0 Å². The smallest absolute Gasteiger partial charge is 0.0790 e. The average Bonchev–Trinajstić information content (AvgIpc) is 2.29. The molecule has 2 rings (SSSR count). The minimum atomic E-state index is 0.427. The fraction of sp³-hybridized carbons (Fsp3) is 1.00. The van der Waals surface area contributed by atoms with Crippen molar-refractivity contribution in [1.29, 1.82) is 0 Å². The van der Waals surface area contributed by atoms with Crippen LogP contribution >= 0.6 is 11.8 Å². The van der Waals surface area contributed by atoms with E-state index in [0.29, 0.717) is 6.10 Å². The molecule has 1 atom stereocenters. The first-order valence-electron chi connectivity index (χ1n) is 5.47. The molecule has 2 aliphatic rings. The van der Waals surface area contributed by atoms with Crippen molar-refractivity contribution in [3.63, 3.8) is 0 Å². The second-order valence-electron chi connectivity index (χ2n) is 3.84. The van der Waals surface area contributed by atoms with Gasteiger partial charge in [-0.1, -0.05) is 0 Å². The lowest BCUT2D eigenvalue weighted by molar-refractivity contribution is 0.0437. The van der Waals surface area contributed by atoms with Gasteiger partial charge in [0.25, 0.3) is 0 Å². The molecule has 0 saturated carbocycles. The Kier molecular flexibility index (Phi) is 4.57. The summed E-state index contributed by atoms with van der Waals surface area (Å²) in [5.41, 5.74) is 0. The zero-order chi connectivity index (χ0) is 9.64. The van der Waals surface area contributed by atoms with E-state index in [2.05, 4.69) is 17.1 Å². The Balaban J connectivity index is 1.60. The maximum atomic E-state index is 5.65. The van der Waals surface area contributed by atoms with Crippen LogP contribution in [0, 0.1) is 0 Å². The zero-order valence-electron chi connectivity index (χ0n) is 8.54. The van der Waals surface area contributed by atoms with Gasteiger partial charge in [0.05, 0.1) is 12.7 Å². The van der Waals surface area contributed by atoms with Crippen LogP contribution in [0.25, 0.3) is 0 Å². The Morgan fingerprint density at radius 2 is 2.07 bits per heavy atom. The van der Waals surface area contributed by atoms with E-state index in [-0.39, 0.29) is 0 Å². The van der Waals surface area contributed by atoms with Crippen LogP contribution in [-0.2, 0) is 9.47 Å². The summed E-state index contributed by atoms with van der Waals surface area (Å²) in [6, 6.07) is 0. The van der Waals surface area contributed by atoms with E-state index in [9.17, 15) is 0 Å². The van der Waals surface area contributed by atoms with Crippen LogP contribution in [0.1, 0.15) is 12.8 Å². The highest BCUT2D eigenvalue weighted by Gasteiger charge is 2.18. The molecule has 82 valence electrons. The van der Waals surface area contributed by atoms with Crippen LogP contribution in [0.4, 0.5) is 0 Å². The molecule has 0 amide bonds. The topological polar surface area (TPSA) is 30.5 Å². The Labute approximate surface area is 89.9 Å². The maximum absolute atomic E-state index is 5.65. The molecule has 3 nitrogen and oxygen atoms in total. The third-order valence-corrected chi connectivity index (χ3v) is 4.20. The molecule has 2 saturated heterocycles. The summed E-state index contributed by atoms with van der Waals surface area (Å²) >= 11 is 2.06. The predicted octanol–water partition coefficient (Wildman–Crippen LogP) is 0.887. The van der Waals surface area contributed by atoms with Crippen molar-refractivity contribution < 1.29 is 9.47 Å². The number of morpholine rings is 1. The highest BCUT2D eigenvalue weighted by molar-refractivity contribution is 7.99. The van der Waals surface area contributed by atoms with Gasteiger partial charge in [0.15, 0.2) is 0 Å². The molecule has 2 aliphatic heterocycles. The highest BCUT2D eigenvalue weighted by Crippen LogP contribution is 2.23. The number of hydrogen-bond acceptors (Lipinski definition) is 4. The van der Waals surface area contributed by atoms with Gasteiger partial charge in [0.2, 0.25) is 0 Å². The van der Waals surface area contributed by atoms with Gasteiger partial charge in [-0.05, 0) is 12.8 Å². The molecule has 0 aromatic carbocycles. The van der Waals surface area contributed by atoms with Gasteiger partial charge in [-0.15, -0.1) is 0 Å². The van der Waals surface area contributed by atoms with Crippen molar-refractivity contribution in [2.75, 3.05) is 38.7 Å². The molecular weight excluding hydrogens is 198 g/mol. The standard InChI is InChI=1S/C10H19NO2S/c1-4-12-5-2-10(1)14-8-9-7-11-3-6-13-9/h9-11H,1-8H2. The quantitative estimate of drug-likeness (QED) is 0.760. The molecule has 1 unspecified atom stereocenters. The summed E-state index contributed by atoms with van der Waals surface area (Å²) < 4.78 is 11.0. The molecule has 14 heavy (non-hydrogen) atoms. The van der Waals surface area contributed by atoms with E-state index >= 15 is 0 Å². The van der Waals surface area contributed by atoms with Crippen LogP contribution in [0.5, 0.6) is 0 Å². The average molecular weight is 217 g/mol. The van der Waals surface area contributed by atoms with E-state index in [1.54, 1.807) is 0 Å². The summed E-state index contributed by atoms with van der Waals surface area (Å²) in [5.74, 6) is 1.14. The monoisotopic (exact) mass is 217 g/mol. The third kappa shape index (κ3) is 3.42. The Bertz CT molecular complexity index is 138. The first kappa shape index (κ1) is 10.7. The molecule has 4 heteroatoms. The summed E-state index contributed by atoms with van der Waals surface area (Å²) in [6.07, 6.45) is 2.85. The number of nitrogens with one attached hydrogen (secondary N) is 1. The third-order valence-electron chi connectivity index (χ3n) is 2.69. The van der Waals surface area contributed by atoms with Crippen molar-refractivity contribution in [1.82, 2.24) is 5.32 Å². The molecular formula is C10H19NO2S. The van der Waals surface area contributed by atoms with E-state index in [4.69, 9.17) is 9.47 Å². The lowest BCUT2D eigenvalue weighted by Crippen LogP contribution is -2.40. The minimum absolute atomic E-state index is 0.427. The number of hydrogen-bond donors (Lipinski definition) is 1. The van der Waals surface area contributed by atoms with Gasteiger partial charge in [-0.3, -0.25) is 0 Å². The van der Waals surface area contributed by atoms with Gasteiger partial charge in [0, 0.05) is 37.3 Å². The van der Waals surface area contributed by atoms with Gasteiger partial charge >= 0.3 is 0 Å². The molecule has 0 spiro atoms. The molecule has 0 aromatic rings. The van der Waals surface area contributed by atoms with Crippen molar-refractivity contribution in [2.24, 2.45) is 0 Å². The zero-order valence-corrected chi connectivity index (χ0v) is 9.35. The fourth-order valence-corrected chi connectivity index (χ4v) is 3.04. The lowest BCUT2D eigenvalue weighted by Gasteiger charge is -2.26. The SMILES string of the molecule is C1COC(CSC2CCOCC2)CN1. The summed E-state index contributed by atoms with van der Waals surface area (Å²) in [6.45, 7) is 4.80. The molecule has 0 aliphatic carbocycles. The molecule has 0 bridgehead atoms. The van der Waals surface area contributed by atoms with Gasteiger partial charge in [0.1, 0.15) is 0 Å². The Morgan fingerprint density at radius 3 is 2.79 bits per heavy atom. The van der Waals surface area contributed by atoms with E-state index in [0.717, 1.165) is 43.9 Å². The summed E-state index contributed by atoms with van der Waals surface area (Å²) in [4.78, 5) is 0. The number of thioether (sulfide) groups is 1. The first-order chi connectivity index (χ1) is 6.95. The molecule has 0 radical (unpaired) electrons. The first-order valence-corrected chi connectivity index (χ1v) is 6.51. The van der Waals surface area contributed by atoms with Crippen LogP contribution in [0.15, 0.2) is 0 Å². The Morgan fingerprint density at radius 1 is 1.21 bits per heavy atom. The normalized spacial score (nSPS) is 30.4. The van der Waals surface area contributed by atoms with Crippen LogP contribution in [0.3, 0.4) is 0 Å². The van der Waals surface area contributed by atoms with E-state index in [1.165, 1.54) is 12.8 Å². The van der Waals surface area contributed by atoms with Crippen molar-refractivity contribution in [3.8, 4) is 0 Å². The second-order valence-corrected chi connectivity index (χ2v) is 5.18. The van der Waals surface area contributed by atoms with Crippen molar-refractivity contribution >= 4 is 11.8 Å². The van der Waals surface area contributed by atoms with Crippen molar-refractivity contribution in [2.45, 2.75) is 24.2 Å². The van der Waals surface area contributed by atoms with Crippen LogP contribution in [0.2, 0.25) is 0 Å². The minimum Gasteiger partial charge on any atom is -0.381 e.